The molecule has 2 heterocycles. The van der Waals surface area contributed by atoms with Gasteiger partial charge in [-0.2, -0.15) is 5.10 Å². The Hall–Kier alpha value is -1.66. The summed E-state index contributed by atoms with van der Waals surface area (Å²) >= 11 is 6.16. The summed E-state index contributed by atoms with van der Waals surface area (Å²) in [5.74, 6) is 2.40. The second-order valence-corrected chi connectivity index (χ2v) is 10.1. The quantitative estimate of drug-likeness (QED) is 0.678. The van der Waals surface area contributed by atoms with Gasteiger partial charge in [0, 0.05) is 27.3 Å². The number of nitrogens with one attached hydrogen (secondary N) is 1. The number of fused-ring (bicyclic) bond motifs is 1. The summed E-state index contributed by atoms with van der Waals surface area (Å²) in [7, 11) is -0.948. The summed E-state index contributed by atoms with van der Waals surface area (Å²) in [6.07, 6.45) is 7.95. The molecule has 0 radical (unpaired) electrons. The minimum atomic E-state index is -0.948. The van der Waals surface area contributed by atoms with E-state index in [2.05, 4.69) is 17.3 Å². The highest BCUT2D eigenvalue weighted by atomic mass is 35.5. The van der Waals surface area contributed by atoms with E-state index in [1.165, 1.54) is 19.3 Å². The first kappa shape index (κ1) is 20.6. The van der Waals surface area contributed by atoms with E-state index in [0.29, 0.717) is 22.3 Å². The first-order valence-corrected chi connectivity index (χ1v) is 12.4. The fourth-order valence-electron chi connectivity index (χ4n) is 4.48. The second kappa shape index (κ2) is 9.00. The molecule has 0 saturated heterocycles. The van der Waals surface area contributed by atoms with E-state index >= 15 is 0 Å². The number of anilines is 1. The largest absolute Gasteiger partial charge is 0.310 e. The number of hydrogen-bond donors (Lipinski definition) is 1. The first-order valence-electron chi connectivity index (χ1n) is 10.6. The Labute approximate surface area is 179 Å². The van der Waals surface area contributed by atoms with Gasteiger partial charge in [0.2, 0.25) is 5.91 Å². The van der Waals surface area contributed by atoms with Crippen LogP contribution in [0.1, 0.15) is 63.1 Å². The Balaban J connectivity index is 1.52. The number of rotatable bonds is 6. The summed E-state index contributed by atoms with van der Waals surface area (Å²) in [6.45, 7) is 2.23. The molecule has 1 aliphatic heterocycles. The van der Waals surface area contributed by atoms with Crippen molar-refractivity contribution in [2.24, 2.45) is 11.8 Å². The highest BCUT2D eigenvalue weighted by Crippen LogP contribution is 2.35. The summed E-state index contributed by atoms with van der Waals surface area (Å²) in [6, 6.07) is 7.42. The van der Waals surface area contributed by atoms with E-state index in [9.17, 15) is 9.00 Å². The van der Waals surface area contributed by atoms with Crippen LogP contribution in [-0.4, -0.2) is 19.9 Å². The van der Waals surface area contributed by atoms with Gasteiger partial charge in [0.15, 0.2) is 0 Å². The minimum absolute atomic E-state index is 0.0399. The molecular weight excluding hydrogens is 406 g/mol. The zero-order valence-electron chi connectivity index (χ0n) is 16.8. The maximum Gasteiger partial charge on any atom is 0.228 e. The van der Waals surface area contributed by atoms with Crippen LogP contribution in [0.25, 0.3) is 5.69 Å². The summed E-state index contributed by atoms with van der Waals surface area (Å²) < 4.78 is 13.8. The lowest BCUT2D eigenvalue weighted by atomic mass is 9.79. The molecule has 1 fully saturated rings. The van der Waals surface area contributed by atoms with Gasteiger partial charge in [-0.25, -0.2) is 4.68 Å². The molecule has 7 heteroatoms. The molecule has 29 heavy (non-hydrogen) atoms. The van der Waals surface area contributed by atoms with Gasteiger partial charge in [-0.15, -0.1) is 0 Å². The van der Waals surface area contributed by atoms with Gasteiger partial charge in [-0.05, 0) is 49.8 Å². The molecule has 156 valence electrons. The average Bonchev–Trinajstić information content (AvgIpc) is 3.23. The molecule has 5 nitrogen and oxygen atoms in total. The Bertz CT molecular complexity index is 919. The summed E-state index contributed by atoms with van der Waals surface area (Å²) in [5.41, 5.74) is 2.51. The monoisotopic (exact) mass is 433 g/mol. The normalized spacial score (nSPS) is 23.7. The van der Waals surface area contributed by atoms with Crippen LogP contribution in [0.15, 0.2) is 24.3 Å². The van der Waals surface area contributed by atoms with Crippen molar-refractivity contribution in [3.8, 4) is 5.69 Å². The highest BCUT2D eigenvalue weighted by Gasteiger charge is 2.31. The van der Waals surface area contributed by atoms with Crippen LogP contribution in [-0.2, 0) is 27.1 Å². The van der Waals surface area contributed by atoms with Gasteiger partial charge in [-0.3, -0.25) is 9.00 Å². The molecule has 4 rings (SSSR count). The Kier molecular flexibility index (Phi) is 6.40. The molecule has 1 N–H and O–H groups in total. The minimum Gasteiger partial charge on any atom is -0.310 e. The van der Waals surface area contributed by atoms with Crippen LogP contribution in [0.4, 0.5) is 5.82 Å². The van der Waals surface area contributed by atoms with Gasteiger partial charge in [0.05, 0.1) is 22.9 Å². The van der Waals surface area contributed by atoms with Crippen molar-refractivity contribution >= 4 is 34.1 Å². The zero-order chi connectivity index (χ0) is 20.4. The van der Waals surface area contributed by atoms with Crippen molar-refractivity contribution < 1.29 is 9.00 Å². The standard InChI is InChI=1S/C22H28ClN3O2S/c1-2-3-5-15-8-10-16(11-9-15)22(27)24-21-19-13-29(28)14-20(19)25-26(21)18-7-4-6-17(23)12-18/h4,6-7,12,15-16H,2-3,5,8-11,13-14H2,1H3,(H,24,27)/t15?,16?,29-/m0/s1. The number of hydrogen-bond acceptors (Lipinski definition) is 3. The molecule has 1 saturated carbocycles. The predicted molar refractivity (Wildman–Crippen MR) is 118 cm³/mol. The number of halogens is 1. The number of unbranched alkanes of at least 4 members (excludes halogenated alkanes) is 1. The fourth-order valence-corrected chi connectivity index (χ4v) is 5.92. The molecule has 0 spiro atoms. The Morgan fingerprint density at radius 3 is 2.79 bits per heavy atom. The van der Waals surface area contributed by atoms with Gasteiger partial charge in [0.1, 0.15) is 5.82 Å². The lowest BCUT2D eigenvalue weighted by Gasteiger charge is -2.27. The van der Waals surface area contributed by atoms with Crippen molar-refractivity contribution in [2.75, 3.05) is 5.32 Å². The number of aromatic nitrogens is 2. The first-order chi connectivity index (χ1) is 14.0. The third-order valence-electron chi connectivity index (χ3n) is 6.15. The number of nitrogens with zero attached hydrogens (tertiary/aromatic N) is 2. The molecule has 0 unspecified atom stereocenters. The predicted octanol–water partition coefficient (Wildman–Crippen LogP) is 5.22. The van der Waals surface area contributed by atoms with Crippen molar-refractivity contribution in [3.05, 3.63) is 40.5 Å². The maximum atomic E-state index is 13.1. The molecule has 2 aliphatic rings. The number of benzene rings is 1. The van der Waals surface area contributed by atoms with E-state index in [4.69, 9.17) is 11.6 Å². The Morgan fingerprint density at radius 1 is 1.28 bits per heavy atom. The van der Waals surface area contributed by atoms with Crippen molar-refractivity contribution in [1.29, 1.82) is 0 Å². The smallest absolute Gasteiger partial charge is 0.228 e. The lowest BCUT2D eigenvalue weighted by molar-refractivity contribution is -0.121. The van der Waals surface area contributed by atoms with E-state index in [1.807, 2.05) is 24.3 Å². The zero-order valence-corrected chi connectivity index (χ0v) is 18.4. The Morgan fingerprint density at radius 2 is 2.07 bits per heavy atom. The molecule has 0 bridgehead atoms. The van der Waals surface area contributed by atoms with E-state index in [0.717, 1.165) is 48.5 Å². The van der Waals surface area contributed by atoms with Crippen LogP contribution >= 0.6 is 11.6 Å². The molecule has 1 atom stereocenters. The van der Waals surface area contributed by atoms with Crippen LogP contribution in [0, 0.1) is 11.8 Å². The molecule has 1 amide bonds. The maximum absolute atomic E-state index is 13.1. The lowest BCUT2D eigenvalue weighted by Crippen LogP contribution is -2.28. The topological polar surface area (TPSA) is 64.0 Å². The highest BCUT2D eigenvalue weighted by molar-refractivity contribution is 7.83. The molecular formula is C22H28ClN3O2S. The SMILES string of the molecule is CCCCC1CCC(C(=O)Nc2c3c(nn2-c2cccc(Cl)c2)C[S@@](=O)C3)CC1. The average molecular weight is 434 g/mol. The van der Waals surface area contributed by atoms with Crippen LogP contribution in [0.2, 0.25) is 5.02 Å². The van der Waals surface area contributed by atoms with Gasteiger partial charge < -0.3 is 5.32 Å². The number of amides is 1. The molecule has 1 aliphatic carbocycles. The van der Waals surface area contributed by atoms with E-state index < -0.39 is 10.8 Å². The summed E-state index contributed by atoms with van der Waals surface area (Å²) in [4.78, 5) is 13.1. The van der Waals surface area contributed by atoms with E-state index in [-0.39, 0.29) is 11.8 Å². The molecule has 1 aromatic carbocycles. The van der Waals surface area contributed by atoms with Gasteiger partial charge in [0.25, 0.3) is 0 Å². The number of carbonyl (C=O) groups excluding carboxylic acids is 1. The van der Waals surface area contributed by atoms with Gasteiger partial charge in [-0.1, -0.05) is 43.9 Å². The van der Waals surface area contributed by atoms with Gasteiger partial charge >= 0.3 is 0 Å². The van der Waals surface area contributed by atoms with Crippen molar-refractivity contribution in [3.63, 3.8) is 0 Å². The molecule has 1 aromatic heterocycles. The fraction of sp³-hybridized carbons (Fsp3) is 0.545. The molecule has 2 aromatic rings. The van der Waals surface area contributed by atoms with Crippen molar-refractivity contribution in [2.45, 2.75) is 63.4 Å². The second-order valence-electron chi connectivity index (χ2n) is 8.24. The third-order valence-corrected chi connectivity index (χ3v) is 7.59. The van der Waals surface area contributed by atoms with Crippen molar-refractivity contribution in [1.82, 2.24) is 9.78 Å². The van der Waals surface area contributed by atoms with Crippen LogP contribution < -0.4 is 5.32 Å². The van der Waals surface area contributed by atoms with Crippen LogP contribution in [0.3, 0.4) is 0 Å². The van der Waals surface area contributed by atoms with Crippen LogP contribution in [0.5, 0.6) is 0 Å². The third kappa shape index (κ3) is 4.58. The number of carbonyl (C=O) groups is 1. The summed E-state index contributed by atoms with van der Waals surface area (Å²) in [5, 5.41) is 8.40. The van der Waals surface area contributed by atoms with E-state index in [1.54, 1.807) is 4.68 Å².